The molecule has 1 aliphatic carbocycles. The maximum absolute atomic E-state index is 12.4. The first kappa shape index (κ1) is 18.4. The average molecular weight is 340 g/mol. The van der Waals surface area contributed by atoms with Crippen LogP contribution in [0.2, 0.25) is 0 Å². The predicted octanol–water partition coefficient (Wildman–Crippen LogP) is 3.17. The Morgan fingerprint density at radius 1 is 1.09 bits per heavy atom. The monoisotopic (exact) mass is 339 g/mol. The summed E-state index contributed by atoms with van der Waals surface area (Å²) in [6.07, 6.45) is 5.23. The zero-order valence-electron chi connectivity index (χ0n) is 14.4. The zero-order chi connectivity index (χ0) is 17.1. The highest BCUT2D eigenvalue weighted by Crippen LogP contribution is 2.39. The van der Waals surface area contributed by atoms with Crippen LogP contribution in [0.15, 0.2) is 30.3 Å². The molecule has 0 bridgehead atoms. The van der Waals surface area contributed by atoms with Crippen LogP contribution in [0.3, 0.4) is 0 Å². The summed E-state index contributed by atoms with van der Waals surface area (Å²) in [5.74, 6) is 0.0846. The van der Waals surface area contributed by atoms with E-state index >= 15 is 0 Å². The lowest BCUT2D eigenvalue weighted by molar-refractivity contribution is -0.0335. The summed E-state index contributed by atoms with van der Waals surface area (Å²) in [6.45, 7) is 5.02. The summed E-state index contributed by atoms with van der Waals surface area (Å²) in [5.41, 5.74) is -0.358. The third-order valence-corrected chi connectivity index (χ3v) is 7.03. The van der Waals surface area contributed by atoms with Crippen LogP contribution in [0, 0.1) is 5.92 Å². The Balaban J connectivity index is 2.28. The Morgan fingerprint density at radius 2 is 1.65 bits per heavy atom. The van der Waals surface area contributed by atoms with Crippen molar-refractivity contribution in [3.63, 3.8) is 0 Å². The molecule has 4 nitrogen and oxygen atoms in total. The molecule has 1 atom stereocenters. The van der Waals surface area contributed by atoms with Crippen LogP contribution in [0.25, 0.3) is 0 Å². The molecule has 0 aromatic heterocycles. The number of nitrogens with one attached hydrogen (secondary N) is 1. The van der Waals surface area contributed by atoms with Gasteiger partial charge in [0.05, 0.1) is 4.75 Å². The van der Waals surface area contributed by atoms with E-state index in [2.05, 4.69) is 4.72 Å². The second-order valence-corrected chi connectivity index (χ2v) is 10.1. The molecule has 0 saturated heterocycles. The summed E-state index contributed by atoms with van der Waals surface area (Å²) in [4.78, 5) is 0. The fourth-order valence-electron chi connectivity index (χ4n) is 3.21. The molecule has 1 saturated carbocycles. The molecule has 2 N–H and O–H groups in total. The number of sulfonamides is 1. The first-order valence-corrected chi connectivity index (χ1v) is 9.92. The van der Waals surface area contributed by atoms with Crippen LogP contribution < -0.4 is 4.72 Å². The number of hydrogen-bond donors (Lipinski definition) is 2. The van der Waals surface area contributed by atoms with Crippen LogP contribution in [0.1, 0.15) is 58.4 Å². The highest BCUT2D eigenvalue weighted by atomic mass is 32.2. The van der Waals surface area contributed by atoms with E-state index in [1.807, 2.05) is 30.3 Å². The van der Waals surface area contributed by atoms with Crippen molar-refractivity contribution in [3.8, 4) is 0 Å². The van der Waals surface area contributed by atoms with Gasteiger partial charge in [-0.05, 0) is 45.1 Å². The van der Waals surface area contributed by atoms with Crippen molar-refractivity contribution in [2.75, 3.05) is 6.54 Å². The fraction of sp³-hybridized carbons (Fsp3) is 0.667. The van der Waals surface area contributed by atoms with Crippen LogP contribution in [0.5, 0.6) is 0 Å². The van der Waals surface area contributed by atoms with Crippen LogP contribution in [-0.2, 0) is 15.6 Å². The second-order valence-electron chi connectivity index (χ2n) is 7.56. The van der Waals surface area contributed by atoms with Crippen molar-refractivity contribution < 1.29 is 13.5 Å². The topological polar surface area (TPSA) is 66.4 Å². The van der Waals surface area contributed by atoms with Gasteiger partial charge in [0, 0.05) is 6.54 Å². The van der Waals surface area contributed by atoms with E-state index in [9.17, 15) is 13.5 Å². The largest absolute Gasteiger partial charge is 0.383 e. The average Bonchev–Trinajstić information content (AvgIpc) is 2.53. The van der Waals surface area contributed by atoms with Crippen molar-refractivity contribution in [1.29, 1.82) is 0 Å². The van der Waals surface area contributed by atoms with Crippen molar-refractivity contribution in [2.45, 2.75) is 63.2 Å². The third-order valence-electron chi connectivity index (χ3n) is 4.89. The van der Waals surface area contributed by atoms with E-state index < -0.39 is 20.4 Å². The summed E-state index contributed by atoms with van der Waals surface area (Å²) in [6, 6.07) is 9.47. The fourth-order valence-corrected chi connectivity index (χ4v) is 4.05. The minimum Gasteiger partial charge on any atom is -0.383 e. The summed E-state index contributed by atoms with van der Waals surface area (Å²) in [5, 5.41) is 11.4. The molecule has 1 aliphatic rings. The summed E-state index contributed by atoms with van der Waals surface area (Å²) < 4.78 is 26.5. The van der Waals surface area contributed by atoms with Gasteiger partial charge in [-0.3, -0.25) is 0 Å². The van der Waals surface area contributed by atoms with E-state index in [1.165, 1.54) is 6.42 Å². The minimum atomic E-state index is -3.49. The molecule has 2 rings (SSSR count). The van der Waals surface area contributed by atoms with Crippen LogP contribution >= 0.6 is 0 Å². The quantitative estimate of drug-likeness (QED) is 0.866. The van der Waals surface area contributed by atoms with E-state index in [4.69, 9.17) is 0 Å². The molecular weight excluding hydrogens is 310 g/mol. The van der Waals surface area contributed by atoms with E-state index in [0.717, 1.165) is 31.2 Å². The molecule has 1 aromatic carbocycles. The summed E-state index contributed by atoms with van der Waals surface area (Å²) in [7, 11) is -3.49. The summed E-state index contributed by atoms with van der Waals surface area (Å²) >= 11 is 0. The number of aliphatic hydroxyl groups is 1. The van der Waals surface area contributed by atoms with Gasteiger partial charge in [0.15, 0.2) is 0 Å². The van der Waals surface area contributed by atoms with Gasteiger partial charge in [0.2, 0.25) is 10.0 Å². The molecule has 0 heterocycles. The Bertz CT molecular complexity index is 601. The Hall–Kier alpha value is -0.910. The van der Waals surface area contributed by atoms with Gasteiger partial charge in [-0.1, -0.05) is 49.6 Å². The third kappa shape index (κ3) is 4.14. The lowest BCUT2D eigenvalue weighted by Crippen LogP contribution is -2.50. The van der Waals surface area contributed by atoms with Crippen LogP contribution in [-0.4, -0.2) is 24.8 Å². The molecule has 0 spiro atoms. The molecule has 23 heavy (non-hydrogen) atoms. The van der Waals surface area contributed by atoms with Gasteiger partial charge in [0.1, 0.15) is 5.60 Å². The smallest absolute Gasteiger partial charge is 0.216 e. The molecule has 0 radical (unpaired) electrons. The maximum atomic E-state index is 12.4. The normalized spacial score (nSPS) is 20.2. The molecule has 1 unspecified atom stereocenters. The molecule has 0 amide bonds. The van der Waals surface area contributed by atoms with E-state index in [0.29, 0.717) is 0 Å². The lowest BCUT2D eigenvalue weighted by Gasteiger charge is -2.39. The molecule has 0 aliphatic heterocycles. The molecule has 1 aromatic rings. The molecule has 5 heteroatoms. The second kappa shape index (κ2) is 6.91. The van der Waals surface area contributed by atoms with Crippen molar-refractivity contribution in [1.82, 2.24) is 4.72 Å². The number of hydrogen-bond acceptors (Lipinski definition) is 3. The predicted molar refractivity (Wildman–Crippen MR) is 93.6 cm³/mol. The Kier molecular flexibility index (Phi) is 5.54. The van der Waals surface area contributed by atoms with E-state index in [1.54, 1.807) is 20.8 Å². The van der Waals surface area contributed by atoms with Gasteiger partial charge in [0.25, 0.3) is 0 Å². The van der Waals surface area contributed by atoms with Crippen LogP contribution in [0.4, 0.5) is 0 Å². The molecule has 1 fully saturated rings. The number of benzene rings is 1. The minimum absolute atomic E-state index is 0.0291. The molecular formula is C18H29NO3S. The van der Waals surface area contributed by atoms with Gasteiger partial charge in [-0.2, -0.15) is 0 Å². The maximum Gasteiger partial charge on any atom is 0.216 e. The lowest BCUT2D eigenvalue weighted by atomic mass is 9.73. The standard InChI is InChI=1S/C18H29NO3S/c1-17(2,3)23(21,22)19-14-18(20,15-10-6-4-7-11-15)16-12-8-5-9-13-16/h4,6-7,10-11,16,19-20H,5,8-9,12-14H2,1-3H3. The molecule has 130 valence electrons. The van der Waals surface area contributed by atoms with Crippen molar-refractivity contribution >= 4 is 10.0 Å². The highest BCUT2D eigenvalue weighted by molar-refractivity contribution is 7.90. The number of rotatable bonds is 5. The van der Waals surface area contributed by atoms with Gasteiger partial charge >= 0.3 is 0 Å². The highest BCUT2D eigenvalue weighted by Gasteiger charge is 2.41. The van der Waals surface area contributed by atoms with Gasteiger partial charge < -0.3 is 5.11 Å². The first-order chi connectivity index (χ1) is 10.7. The van der Waals surface area contributed by atoms with E-state index in [-0.39, 0.29) is 12.5 Å². The van der Waals surface area contributed by atoms with Crippen molar-refractivity contribution in [2.24, 2.45) is 5.92 Å². The first-order valence-electron chi connectivity index (χ1n) is 8.44. The Labute approximate surface area is 140 Å². The van der Waals surface area contributed by atoms with Crippen molar-refractivity contribution in [3.05, 3.63) is 35.9 Å². The van der Waals surface area contributed by atoms with Gasteiger partial charge in [-0.15, -0.1) is 0 Å². The zero-order valence-corrected chi connectivity index (χ0v) is 15.2. The van der Waals surface area contributed by atoms with Gasteiger partial charge in [-0.25, -0.2) is 13.1 Å². The Morgan fingerprint density at radius 3 is 2.17 bits per heavy atom. The SMILES string of the molecule is CC(C)(C)S(=O)(=O)NCC(O)(c1ccccc1)C1CCCCC1.